The molecule has 0 unspecified atom stereocenters. The van der Waals surface area contributed by atoms with Crippen molar-refractivity contribution in [3.63, 3.8) is 0 Å². The molecule has 0 aliphatic carbocycles. The van der Waals surface area contributed by atoms with Gasteiger partial charge in [-0.05, 0) is 25.0 Å². The third-order valence-corrected chi connectivity index (χ3v) is 4.85. The van der Waals surface area contributed by atoms with Gasteiger partial charge in [0.2, 0.25) is 10.0 Å². The lowest BCUT2D eigenvalue weighted by Gasteiger charge is -2.11. The number of rotatable bonds is 5. The van der Waals surface area contributed by atoms with E-state index in [1.807, 2.05) is 18.7 Å². The Bertz CT molecular complexity index is 719. The third kappa shape index (κ3) is 3.33. The smallest absolute Gasteiger partial charge is 0.240 e. The Morgan fingerprint density at radius 1 is 1.24 bits per heavy atom. The van der Waals surface area contributed by atoms with E-state index in [0.717, 1.165) is 17.0 Å². The van der Waals surface area contributed by atoms with E-state index < -0.39 is 10.0 Å². The highest BCUT2D eigenvalue weighted by Gasteiger charge is 2.19. The first-order valence-corrected chi connectivity index (χ1v) is 8.38. The van der Waals surface area contributed by atoms with Crippen molar-refractivity contribution >= 4 is 10.0 Å². The topological polar surface area (TPSA) is 64.0 Å². The van der Waals surface area contributed by atoms with Crippen LogP contribution in [0.4, 0.5) is 0 Å². The molecule has 6 heteroatoms. The van der Waals surface area contributed by atoms with Crippen LogP contribution >= 0.6 is 0 Å². The van der Waals surface area contributed by atoms with Crippen molar-refractivity contribution in [3.05, 3.63) is 47.3 Å². The van der Waals surface area contributed by atoms with Crippen LogP contribution in [0, 0.1) is 6.92 Å². The van der Waals surface area contributed by atoms with E-state index in [1.165, 1.54) is 0 Å². The van der Waals surface area contributed by atoms with Gasteiger partial charge in [0.1, 0.15) is 0 Å². The quantitative estimate of drug-likeness (QED) is 0.922. The largest absolute Gasteiger partial charge is 0.272 e. The lowest BCUT2D eigenvalue weighted by atomic mass is 10.0. The second kappa shape index (κ2) is 5.99. The summed E-state index contributed by atoms with van der Waals surface area (Å²) in [5.41, 5.74) is 2.87. The van der Waals surface area contributed by atoms with E-state index in [9.17, 15) is 8.42 Å². The maximum atomic E-state index is 12.3. The zero-order chi connectivity index (χ0) is 15.6. The summed E-state index contributed by atoms with van der Waals surface area (Å²) in [6, 6.07) is 8.39. The van der Waals surface area contributed by atoms with E-state index in [0.29, 0.717) is 0 Å². The first-order chi connectivity index (χ1) is 9.83. The Morgan fingerprint density at radius 2 is 1.86 bits per heavy atom. The third-order valence-electron chi connectivity index (χ3n) is 3.43. The molecule has 0 fully saturated rings. The molecule has 21 heavy (non-hydrogen) atoms. The van der Waals surface area contributed by atoms with Crippen molar-refractivity contribution in [1.82, 2.24) is 14.5 Å². The maximum absolute atomic E-state index is 12.3. The van der Waals surface area contributed by atoms with Gasteiger partial charge in [-0.3, -0.25) is 4.68 Å². The number of sulfonamides is 1. The maximum Gasteiger partial charge on any atom is 0.240 e. The number of nitrogens with one attached hydrogen (secondary N) is 1. The van der Waals surface area contributed by atoms with Gasteiger partial charge in [0, 0.05) is 24.8 Å². The van der Waals surface area contributed by atoms with Crippen LogP contribution in [0.2, 0.25) is 0 Å². The van der Waals surface area contributed by atoms with Crippen LogP contribution in [-0.2, 0) is 23.6 Å². The second-order valence-corrected chi connectivity index (χ2v) is 7.13. The van der Waals surface area contributed by atoms with Crippen molar-refractivity contribution in [3.8, 4) is 0 Å². The normalized spacial score (nSPS) is 12.0. The Morgan fingerprint density at radius 3 is 2.43 bits per heavy atom. The Labute approximate surface area is 126 Å². The van der Waals surface area contributed by atoms with Crippen LogP contribution in [0.25, 0.3) is 0 Å². The van der Waals surface area contributed by atoms with E-state index in [2.05, 4.69) is 23.7 Å². The summed E-state index contributed by atoms with van der Waals surface area (Å²) >= 11 is 0. The van der Waals surface area contributed by atoms with Gasteiger partial charge in [-0.25, -0.2) is 13.1 Å². The zero-order valence-corrected chi connectivity index (χ0v) is 13.6. The van der Waals surface area contributed by atoms with Crippen LogP contribution in [-0.4, -0.2) is 18.2 Å². The highest BCUT2D eigenvalue weighted by molar-refractivity contribution is 7.89. The SMILES string of the molecule is Cc1nn(C)c(C(C)C)c1CNS(=O)(=O)c1ccccc1. The lowest BCUT2D eigenvalue weighted by molar-refractivity contribution is 0.580. The second-order valence-electron chi connectivity index (χ2n) is 5.37. The molecule has 0 radical (unpaired) electrons. The van der Waals surface area contributed by atoms with Crippen LogP contribution in [0.1, 0.15) is 36.7 Å². The van der Waals surface area contributed by atoms with Gasteiger partial charge in [0.25, 0.3) is 0 Å². The van der Waals surface area contributed by atoms with Crippen LogP contribution in [0.15, 0.2) is 35.2 Å². The summed E-state index contributed by atoms with van der Waals surface area (Å²) < 4.78 is 29.0. The fraction of sp³-hybridized carbons (Fsp3) is 0.400. The highest BCUT2D eigenvalue weighted by atomic mass is 32.2. The zero-order valence-electron chi connectivity index (χ0n) is 12.8. The van der Waals surface area contributed by atoms with Gasteiger partial charge < -0.3 is 0 Å². The van der Waals surface area contributed by atoms with Crippen LogP contribution in [0.3, 0.4) is 0 Å². The molecule has 1 heterocycles. The molecule has 0 amide bonds. The number of aryl methyl sites for hydroxylation is 2. The van der Waals surface area contributed by atoms with Crippen molar-refractivity contribution in [1.29, 1.82) is 0 Å². The molecule has 1 aromatic carbocycles. The summed E-state index contributed by atoms with van der Waals surface area (Å²) in [4.78, 5) is 0.276. The number of hydrogen-bond donors (Lipinski definition) is 1. The summed E-state index contributed by atoms with van der Waals surface area (Å²) in [6.45, 7) is 6.31. The van der Waals surface area contributed by atoms with Crippen molar-refractivity contribution in [2.24, 2.45) is 7.05 Å². The molecule has 5 nitrogen and oxygen atoms in total. The first kappa shape index (κ1) is 15.7. The fourth-order valence-electron chi connectivity index (χ4n) is 2.51. The van der Waals surface area contributed by atoms with Gasteiger partial charge in [0.15, 0.2) is 0 Å². The molecule has 0 aliphatic heterocycles. The van der Waals surface area contributed by atoms with Crippen molar-refractivity contribution < 1.29 is 8.42 Å². The fourth-order valence-corrected chi connectivity index (χ4v) is 3.53. The monoisotopic (exact) mass is 307 g/mol. The predicted molar refractivity (Wildman–Crippen MR) is 82.5 cm³/mol. The van der Waals surface area contributed by atoms with E-state index >= 15 is 0 Å². The number of nitrogens with zero attached hydrogens (tertiary/aromatic N) is 2. The van der Waals surface area contributed by atoms with E-state index in [-0.39, 0.29) is 17.4 Å². The summed E-state index contributed by atoms with van der Waals surface area (Å²) in [5.74, 6) is 0.285. The standard InChI is InChI=1S/C15H21N3O2S/c1-11(2)15-14(12(3)17-18(15)4)10-16-21(19,20)13-8-6-5-7-9-13/h5-9,11,16H,10H2,1-4H3. The van der Waals surface area contributed by atoms with Gasteiger partial charge >= 0.3 is 0 Å². The Hall–Kier alpha value is -1.66. The van der Waals surface area contributed by atoms with Crippen molar-refractivity contribution in [2.75, 3.05) is 0 Å². The molecule has 1 N–H and O–H groups in total. The number of benzene rings is 1. The average Bonchev–Trinajstić information content (AvgIpc) is 2.72. The van der Waals surface area contributed by atoms with Gasteiger partial charge in [0.05, 0.1) is 10.6 Å². The first-order valence-electron chi connectivity index (χ1n) is 6.90. The molecule has 0 spiro atoms. The molecule has 0 atom stereocenters. The summed E-state index contributed by atoms with van der Waals surface area (Å²) in [5, 5.41) is 4.39. The summed E-state index contributed by atoms with van der Waals surface area (Å²) in [7, 11) is -1.61. The number of aromatic nitrogens is 2. The lowest BCUT2D eigenvalue weighted by Crippen LogP contribution is -2.24. The average molecular weight is 307 g/mol. The molecular weight excluding hydrogens is 286 g/mol. The molecular formula is C15H21N3O2S. The highest BCUT2D eigenvalue weighted by Crippen LogP contribution is 2.22. The van der Waals surface area contributed by atoms with Gasteiger partial charge in [-0.15, -0.1) is 0 Å². The molecule has 1 aromatic heterocycles. The minimum atomic E-state index is -3.50. The number of hydrogen-bond acceptors (Lipinski definition) is 3. The molecule has 2 rings (SSSR count). The predicted octanol–water partition coefficient (Wildman–Crippen LogP) is 2.33. The Balaban J connectivity index is 2.25. The van der Waals surface area contributed by atoms with Gasteiger partial charge in [-0.1, -0.05) is 32.0 Å². The molecule has 114 valence electrons. The molecule has 0 bridgehead atoms. The Kier molecular flexibility index (Phi) is 4.49. The molecule has 2 aromatic rings. The minimum absolute atomic E-state index is 0.254. The molecule has 0 aliphatic rings. The molecule has 0 saturated carbocycles. The minimum Gasteiger partial charge on any atom is -0.272 e. The van der Waals surface area contributed by atoms with Crippen LogP contribution < -0.4 is 4.72 Å². The van der Waals surface area contributed by atoms with E-state index in [1.54, 1.807) is 30.3 Å². The summed E-state index contributed by atoms with van der Waals surface area (Å²) in [6.07, 6.45) is 0. The van der Waals surface area contributed by atoms with Gasteiger partial charge in [-0.2, -0.15) is 5.10 Å². The van der Waals surface area contributed by atoms with Crippen molar-refractivity contribution in [2.45, 2.75) is 38.1 Å². The van der Waals surface area contributed by atoms with E-state index in [4.69, 9.17) is 0 Å². The van der Waals surface area contributed by atoms with Crippen LogP contribution in [0.5, 0.6) is 0 Å². The molecule has 0 saturated heterocycles.